The molecule has 1 aromatic carbocycles. The van der Waals surface area contributed by atoms with Crippen LogP contribution in [0.25, 0.3) is 50.0 Å². The molecule has 2 N–H and O–H groups in total. The van der Waals surface area contributed by atoms with E-state index in [9.17, 15) is 4.39 Å². The van der Waals surface area contributed by atoms with E-state index in [0.29, 0.717) is 5.65 Å². The summed E-state index contributed by atoms with van der Waals surface area (Å²) < 4.78 is 13.9. The molecular weight excluding hydrogens is 475 g/mol. The third-order valence-corrected chi connectivity index (χ3v) is 7.21. The van der Waals surface area contributed by atoms with Crippen molar-refractivity contribution in [3.05, 3.63) is 96.7 Å². The lowest BCUT2D eigenvalue weighted by atomic mass is 10.0. The predicted octanol–water partition coefficient (Wildman–Crippen LogP) is 6.92. The van der Waals surface area contributed by atoms with Crippen LogP contribution in [-0.4, -0.2) is 49.7 Å². The molecule has 4 aromatic heterocycles. The van der Waals surface area contributed by atoms with Crippen molar-refractivity contribution < 1.29 is 4.39 Å². The quantitative estimate of drug-likeness (QED) is 0.236. The first kappa shape index (κ1) is 24.0. The molecule has 6 rings (SSSR count). The van der Waals surface area contributed by atoms with E-state index in [4.69, 9.17) is 0 Å². The molecule has 190 valence electrons. The molecule has 0 atom stereocenters. The third-order valence-electron chi connectivity index (χ3n) is 7.21. The van der Waals surface area contributed by atoms with Gasteiger partial charge >= 0.3 is 0 Å². The molecule has 1 fully saturated rings. The molecule has 0 saturated carbocycles. The fraction of sp³-hybridized carbons (Fsp3) is 0.194. The lowest BCUT2D eigenvalue weighted by Gasteiger charge is -2.15. The van der Waals surface area contributed by atoms with Gasteiger partial charge in [-0.1, -0.05) is 36.9 Å². The molecule has 0 bridgehead atoms. The third kappa shape index (κ3) is 4.57. The van der Waals surface area contributed by atoms with Crippen LogP contribution in [0.3, 0.4) is 0 Å². The number of hydrogen-bond donors (Lipinski definition) is 2. The summed E-state index contributed by atoms with van der Waals surface area (Å²) in [5, 5.41) is 9.49. The summed E-state index contributed by atoms with van der Waals surface area (Å²) in [5.41, 5.74) is 8.17. The molecule has 0 unspecified atom stereocenters. The van der Waals surface area contributed by atoms with E-state index in [1.165, 1.54) is 30.5 Å². The van der Waals surface area contributed by atoms with Crippen LogP contribution < -0.4 is 0 Å². The van der Waals surface area contributed by atoms with Crippen molar-refractivity contribution in [3.63, 3.8) is 0 Å². The molecule has 0 spiro atoms. The second-order valence-corrected chi connectivity index (χ2v) is 9.69. The van der Waals surface area contributed by atoms with Crippen molar-refractivity contribution in [1.82, 2.24) is 30.0 Å². The van der Waals surface area contributed by atoms with Crippen LogP contribution in [0.2, 0.25) is 0 Å². The van der Waals surface area contributed by atoms with Crippen LogP contribution in [0.1, 0.15) is 25.3 Å². The second-order valence-electron chi connectivity index (χ2n) is 9.69. The number of pyridine rings is 2. The number of nitrogens with one attached hydrogen (secondary N) is 2. The summed E-state index contributed by atoms with van der Waals surface area (Å²) in [7, 11) is 0. The first-order valence-electron chi connectivity index (χ1n) is 12.9. The number of allylic oxidation sites excluding steroid dienone is 3. The minimum atomic E-state index is -0.276. The van der Waals surface area contributed by atoms with Crippen molar-refractivity contribution in [2.24, 2.45) is 0 Å². The van der Waals surface area contributed by atoms with E-state index in [2.05, 4.69) is 60.9 Å². The lowest BCUT2D eigenvalue weighted by Crippen LogP contribution is -2.21. The number of rotatable bonds is 7. The fourth-order valence-corrected chi connectivity index (χ4v) is 5.24. The van der Waals surface area contributed by atoms with Crippen molar-refractivity contribution in [3.8, 4) is 22.5 Å². The highest BCUT2D eigenvalue weighted by Crippen LogP contribution is 2.34. The number of nitrogens with zero attached hydrogens (tertiary/aromatic N) is 4. The summed E-state index contributed by atoms with van der Waals surface area (Å²) in [6.07, 6.45) is 14.2. The van der Waals surface area contributed by atoms with Crippen LogP contribution in [-0.2, 0) is 0 Å². The van der Waals surface area contributed by atoms with Crippen LogP contribution >= 0.6 is 0 Å². The van der Waals surface area contributed by atoms with Gasteiger partial charge in [-0.2, -0.15) is 5.10 Å². The van der Waals surface area contributed by atoms with Crippen molar-refractivity contribution in [1.29, 1.82) is 0 Å². The maximum Gasteiger partial charge on any atom is 0.181 e. The monoisotopic (exact) mass is 504 g/mol. The SMILES string of the molecule is C=C/C(=C\C(=C/C)c1cnc2n[nH]c(-c3cc4c(-c5cccc(F)c5)cncc4[nH]3)c2c1)CN1CCCC1. The average Bonchev–Trinajstić information content (AvgIpc) is 3.70. The largest absolute Gasteiger partial charge is 0.352 e. The Morgan fingerprint density at radius 1 is 1.11 bits per heavy atom. The molecule has 0 aliphatic carbocycles. The zero-order valence-corrected chi connectivity index (χ0v) is 21.3. The Hall–Kier alpha value is -4.36. The zero-order valence-electron chi connectivity index (χ0n) is 21.3. The Bertz CT molecular complexity index is 1700. The topological polar surface area (TPSA) is 73.5 Å². The van der Waals surface area contributed by atoms with Crippen LogP contribution in [0.5, 0.6) is 0 Å². The molecule has 1 saturated heterocycles. The van der Waals surface area contributed by atoms with Crippen molar-refractivity contribution in [2.45, 2.75) is 19.8 Å². The summed E-state index contributed by atoms with van der Waals surface area (Å²) in [6, 6.07) is 10.8. The molecule has 1 aliphatic rings. The van der Waals surface area contributed by atoms with E-state index in [0.717, 1.165) is 69.6 Å². The molecule has 7 heteroatoms. The van der Waals surface area contributed by atoms with E-state index in [-0.39, 0.29) is 5.82 Å². The summed E-state index contributed by atoms with van der Waals surface area (Å²) in [4.78, 5) is 15.0. The number of fused-ring (bicyclic) bond motifs is 2. The van der Waals surface area contributed by atoms with Gasteiger partial charge in [-0.3, -0.25) is 15.0 Å². The summed E-state index contributed by atoms with van der Waals surface area (Å²) in [6.45, 7) is 9.29. The predicted molar refractivity (Wildman–Crippen MR) is 152 cm³/mol. The molecule has 5 heterocycles. The highest BCUT2D eigenvalue weighted by atomic mass is 19.1. The average molecular weight is 505 g/mol. The maximum absolute atomic E-state index is 13.9. The molecule has 6 nitrogen and oxygen atoms in total. The van der Waals surface area contributed by atoms with Crippen LogP contribution in [0.4, 0.5) is 4.39 Å². The summed E-state index contributed by atoms with van der Waals surface area (Å²) in [5.74, 6) is -0.276. The van der Waals surface area contributed by atoms with Gasteiger partial charge in [0.25, 0.3) is 0 Å². The van der Waals surface area contributed by atoms with Gasteiger partial charge in [0.2, 0.25) is 0 Å². The minimum Gasteiger partial charge on any atom is -0.352 e. The maximum atomic E-state index is 13.9. The number of H-pyrrole nitrogens is 2. The summed E-state index contributed by atoms with van der Waals surface area (Å²) >= 11 is 0. The molecule has 5 aromatic rings. The van der Waals surface area contributed by atoms with Crippen molar-refractivity contribution in [2.75, 3.05) is 19.6 Å². The van der Waals surface area contributed by atoms with Gasteiger partial charge in [-0.25, -0.2) is 9.37 Å². The first-order chi connectivity index (χ1) is 18.6. The van der Waals surface area contributed by atoms with Gasteiger partial charge in [0.05, 0.1) is 23.1 Å². The second kappa shape index (κ2) is 10.2. The Morgan fingerprint density at radius 3 is 2.76 bits per heavy atom. The number of benzene rings is 1. The van der Waals surface area contributed by atoms with Crippen LogP contribution in [0.15, 0.2) is 85.4 Å². The first-order valence-corrected chi connectivity index (χ1v) is 12.9. The van der Waals surface area contributed by atoms with Gasteiger partial charge < -0.3 is 4.98 Å². The molecule has 0 amide bonds. The van der Waals surface area contributed by atoms with E-state index in [1.54, 1.807) is 18.5 Å². The van der Waals surface area contributed by atoms with Gasteiger partial charge in [0.15, 0.2) is 5.65 Å². The van der Waals surface area contributed by atoms with Crippen LogP contribution in [0, 0.1) is 5.82 Å². The number of likely N-dealkylation sites (tertiary alicyclic amines) is 1. The number of aromatic nitrogens is 5. The Labute approximate surface area is 220 Å². The van der Waals surface area contributed by atoms with E-state index in [1.807, 2.05) is 25.3 Å². The number of aromatic amines is 2. The molecule has 1 aliphatic heterocycles. The number of hydrogen-bond acceptors (Lipinski definition) is 4. The zero-order chi connectivity index (χ0) is 26.1. The lowest BCUT2D eigenvalue weighted by molar-refractivity contribution is 0.371. The Kier molecular flexibility index (Phi) is 6.43. The Morgan fingerprint density at radius 2 is 1.97 bits per heavy atom. The van der Waals surface area contributed by atoms with E-state index >= 15 is 0 Å². The normalized spacial score (nSPS) is 15.1. The van der Waals surface area contributed by atoms with Crippen molar-refractivity contribution >= 4 is 27.5 Å². The minimum absolute atomic E-state index is 0.276. The molecule has 0 radical (unpaired) electrons. The standard InChI is InChI=1S/C31H29FN6/c1-3-20(19-38-10-5-6-11-38)12-21(4-2)23-14-26-30(36-37-31(26)34-16-23)28-15-25-27(17-33-18-29(25)35-28)22-8-7-9-24(32)13-22/h3-4,7-9,12-18,35H,1,5-6,10-11,19H2,2H3,(H,34,36,37)/b20-12+,21-4+. The molecular formula is C31H29FN6. The Balaban J connectivity index is 1.39. The number of halogens is 1. The smallest absolute Gasteiger partial charge is 0.181 e. The van der Waals surface area contributed by atoms with Gasteiger partial charge in [0.1, 0.15) is 5.82 Å². The highest BCUT2D eigenvalue weighted by molar-refractivity contribution is 6.00. The fourth-order valence-electron chi connectivity index (χ4n) is 5.24. The van der Waals surface area contributed by atoms with Gasteiger partial charge in [-0.15, -0.1) is 0 Å². The molecule has 38 heavy (non-hydrogen) atoms. The highest BCUT2D eigenvalue weighted by Gasteiger charge is 2.16. The van der Waals surface area contributed by atoms with Gasteiger partial charge in [-0.05, 0) is 73.8 Å². The van der Waals surface area contributed by atoms with E-state index < -0.39 is 0 Å². The van der Waals surface area contributed by atoms with Gasteiger partial charge in [0, 0.05) is 40.8 Å².